The number of carbonyl (C=O) groups is 4. The van der Waals surface area contributed by atoms with E-state index in [0.717, 1.165) is 48.9 Å². The number of imide groups is 1. The molecule has 1 unspecified atom stereocenters. The molecule has 5 aliphatic heterocycles. The molecular weight excluding hydrogens is 860 g/mol. The predicted molar refractivity (Wildman–Crippen MR) is 243 cm³/mol. The van der Waals surface area contributed by atoms with Gasteiger partial charge in [-0.3, -0.25) is 34.4 Å². The monoisotopic (exact) mass is 915 g/mol. The standard InChI is InChI=1S/C43H50ClF2N11O5.C3H6/c1-48-30-22-35(51-57-33(38(47)59)23-49-39(30)57)55-14-6-28-26(4-3-5-31(28)55)24-52-13-7-34(43(45,46)25-52)53-16-9-42(10-17-53)11-18-54(19-12-42)40(60)27-20-29(44)37(62-2)32(21-27)56-15-8-36(58)50-41(56)61;1-2-3-1/h3-5,20-23,34,48H,6-19,24-25H2,1-2H3,(H2,47,59)(H,50,58,61);1-3H2. The van der Waals surface area contributed by atoms with E-state index in [1.165, 1.54) is 42.0 Å². The zero-order valence-corrected chi connectivity index (χ0v) is 37.6. The molecule has 1 saturated carbocycles. The van der Waals surface area contributed by atoms with Crippen molar-refractivity contribution in [1.82, 2.24) is 34.6 Å². The number of amides is 5. The second-order valence-electron chi connectivity index (χ2n) is 18.2. The quantitative estimate of drug-likeness (QED) is 0.178. The Labute approximate surface area is 381 Å². The third-order valence-electron chi connectivity index (χ3n) is 14.0. The molecule has 4 N–H and O–H groups in total. The molecule has 346 valence electrons. The van der Waals surface area contributed by atoms with Gasteiger partial charge in [0.05, 0.1) is 42.3 Å². The highest BCUT2D eigenvalue weighted by atomic mass is 35.5. The van der Waals surface area contributed by atoms with E-state index in [0.29, 0.717) is 80.6 Å². The summed E-state index contributed by atoms with van der Waals surface area (Å²) in [6, 6.07) is 9.57. The van der Waals surface area contributed by atoms with Crippen LogP contribution in [0.1, 0.15) is 89.8 Å². The van der Waals surface area contributed by atoms with Crippen molar-refractivity contribution in [1.29, 1.82) is 0 Å². The van der Waals surface area contributed by atoms with Gasteiger partial charge in [0, 0.05) is 70.1 Å². The summed E-state index contributed by atoms with van der Waals surface area (Å²) in [7, 11) is 3.20. The molecule has 0 bridgehead atoms. The Morgan fingerprint density at radius 3 is 2.34 bits per heavy atom. The molecule has 1 aliphatic carbocycles. The molecule has 1 spiro atoms. The minimum absolute atomic E-state index is 0.0230. The number of methoxy groups -OCH3 is 1. The number of benzene rings is 2. The largest absolute Gasteiger partial charge is 0.493 e. The topological polar surface area (TPSA) is 174 Å². The van der Waals surface area contributed by atoms with Gasteiger partial charge in [0.25, 0.3) is 17.7 Å². The van der Waals surface area contributed by atoms with Crippen LogP contribution in [0.15, 0.2) is 42.6 Å². The first kappa shape index (κ1) is 44.6. The van der Waals surface area contributed by atoms with Crippen LogP contribution in [-0.4, -0.2) is 132 Å². The molecule has 16 nitrogen and oxygen atoms in total. The molecule has 6 aliphatic rings. The van der Waals surface area contributed by atoms with Crippen molar-refractivity contribution in [3.63, 3.8) is 0 Å². The molecule has 2 aromatic heterocycles. The lowest BCUT2D eigenvalue weighted by Crippen LogP contribution is -2.60. The lowest BCUT2D eigenvalue weighted by Gasteiger charge is -2.51. The van der Waals surface area contributed by atoms with Crippen molar-refractivity contribution in [2.45, 2.75) is 82.7 Å². The van der Waals surface area contributed by atoms with E-state index in [2.05, 4.69) is 20.5 Å². The van der Waals surface area contributed by atoms with Crippen LogP contribution in [0, 0.1) is 5.41 Å². The number of rotatable bonds is 9. The highest BCUT2D eigenvalue weighted by Gasteiger charge is 2.50. The second-order valence-corrected chi connectivity index (χ2v) is 18.6. The maximum atomic E-state index is 16.2. The average molecular weight is 916 g/mol. The first-order valence-corrected chi connectivity index (χ1v) is 23.0. The van der Waals surface area contributed by atoms with Gasteiger partial charge in [-0.25, -0.2) is 23.1 Å². The number of piperidine rings is 3. The summed E-state index contributed by atoms with van der Waals surface area (Å²) in [5.74, 6) is -3.25. The number of primary amides is 1. The molecule has 0 radical (unpaired) electrons. The van der Waals surface area contributed by atoms with Gasteiger partial charge < -0.3 is 25.6 Å². The normalized spacial score (nSPS) is 21.7. The maximum absolute atomic E-state index is 16.2. The molecule has 4 saturated heterocycles. The molecule has 10 rings (SSSR count). The highest BCUT2D eigenvalue weighted by Crippen LogP contribution is 2.45. The van der Waals surface area contributed by atoms with Gasteiger partial charge in [-0.15, -0.1) is 5.10 Å². The van der Waals surface area contributed by atoms with Crippen molar-refractivity contribution in [3.05, 3.63) is 70.0 Å². The van der Waals surface area contributed by atoms with Crippen molar-refractivity contribution >= 4 is 63.9 Å². The van der Waals surface area contributed by atoms with Crippen LogP contribution in [0.2, 0.25) is 5.02 Å². The van der Waals surface area contributed by atoms with E-state index in [1.54, 1.807) is 24.1 Å². The number of aromatic nitrogens is 3. The number of anilines is 4. The average Bonchev–Trinajstić information content (AvgIpc) is 4.01. The smallest absolute Gasteiger partial charge is 0.328 e. The number of nitrogens with two attached hydrogens (primary N) is 1. The summed E-state index contributed by atoms with van der Waals surface area (Å²) in [4.78, 5) is 63.7. The summed E-state index contributed by atoms with van der Waals surface area (Å²) in [6.07, 6.45) is 10.2. The number of alkyl halides is 2. The Hall–Kier alpha value is -5.59. The molecule has 65 heavy (non-hydrogen) atoms. The summed E-state index contributed by atoms with van der Waals surface area (Å²) in [5.41, 5.74) is 10.6. The van der Waals surface area contributed by atoms with Gasteiger partial charge in [-0.1, -0.05) is 43.0 Å². The summed E-state index contributed by atoms with van der Waals surface area (Å²) in [5, 5.41) is 10.3. The van der Waals surface area contributed by atoms with Gasteiger partial charge in [-0.05, 0) is 86.4 Å². The van der Waals surface area contributed by atoms with Crippen LogP contribution in [0.5, 0.6) is 5.75 Å². The molecule has 4 aromatic rings. The Kier molecular flexibility index (Phi) is 12.4. The fraction of sp³-hybridized carbons (Fsp3) is 0.522. The van der Waals surface area contributed by atoms with E-state index in [-0.39, 0.29) is 53.2 Å². The summed E-state index contributed by atoms with van der Waals surface area (Å²) in [6.45, 7) is 3.65. The van der Waals surface area contributed by atoms with E-state index in [1.807, 2.05) is 34.1 Å². The molecule has 19 heteroatoms. The molecule has 2 aromatic carbocycles. The zero-order valence-electron chi connectivity index (χ0n) is 36.9. The van der Waals surface area contributed by atoms with Gasteiger partial charge >= 0.3 is 6.03 Å². The van der Waals surface area contributed by atoms with Gasteiger partial charge in [0.2, 0.25) is 5.91 Å². The third kappa shape index (κ3) is 8.91. The molecule has 5 fully saturated rings. The zero-order chi connectivity index (χ0) is 45.6. The number of hydrogen-bond acceptors (Lipinski definition) is 11. The number of ether oxygens (including phenoxy) is 1. The minimum atomic E-state index is -2.89. The van der Waals surface area contributed by atoms with Crippen molar-refractivity contribution < 1.29 is 32.7 Å². The SMILES string of the molecule is C1CC1.CNc1cc(N2CCc3c(CN4CCC(N5CCC6(CCN(C(=O)c7cc(Cl)c(OC)c(N8CCC(=O)NC8=O)c7)CC6)CC5)C(F)(F)C4)cccc32)nn2c(C(N)=O)cnc12. The second kappa shape index (κ2) is 18.0. The number of imidazole rings is 1. The maximum Gasteiger partial charge on any atom is 0.328 e. The Bertz CT molecular complexity index is 2500. The lowest BCUT2D eigenvalue weighted by atomic mass is 9.70. The minimum Gasteiger partial charge on any atom is -0.493 e. The Morgan fingerprint density at radius 1 is 0.954 bits per heavy atom. The lowest BCUT2D eigenvalue weighted by molar-refractivity contribution is -0.139. The van der Waals surface area contributed by atoms with Crippen molar-refractivity contribution in [3.8, 4) is 5.75 Å². The number of nitrogens with one attached hydrogen (secondary N) is 2. The van der Waals surface area contributed by atoms with E-state index < -0.39 is 23.9 Å². The van der Waals surface area contributed by atoms with Crippen LogP contribution in [-0.2, 0) is 17.8 Å². The Morgan fingerprint density at radius 2 is 1.68 bits per heavy atom. The van der Waals surface area contributed by atoms with E-state index in [4.69, 9.17) is 27.2 Å². The number of fused-ring (bicyclic) bond motifs is 2. The number of likely N-dealkylation sites (tertiary alicyclic amines) is 3. The molecule has 7 heterocycles. The number of halogens is 3. The first-order chi connectivity index (χ1) is 31.3. The number of urea groups is 1. The van der Waals surface area contributed by atoms with Crippen molar-refractivity contribution in [2.24, 2.45) is 11.1 Å². The fourth-order valence-electron chi connectivity index (χ4n) is 10.2. The third-order valence-corrected chi connectivity index (χ3v) is 14.3. The van der Waals surface area contributed by atoms with Gasteiger partial charge in [0.1, 0.15) is 5.69 Å². The van der Waals surface area contributed by atoms with Crippen LogP contribution in [0.3, 0.4) is 0 Å². The van der Waals surface area contributed by atoms with Gasteiger partial charge in [-0.2, -0.15) is 0 Å². The first-order valence-electron chi connectivity index (χ1n) is 22.6. The van der Waals surface area contributed by atoms with Crippen LogP contribution in [0.4, 0.5) is 36.5 Å². The number of carbonyl (C=O) groups excluding carboxylic acids is 4. The highest BCUT2D eigenvalue weighted by molar-refractivity contribution is 6.33. The summed E-state index contributed by atoms with van der Waals surface area (Å²) < 4.78 is 39.3. The molecular formula is C46H56ClF2N11O5. The van der Waals surface area contributed by atoms with Crippen molar-refractivity contribution in [2.75, 3.05) is 81.6 Å². The fourth-order valence-corrected chi connectivity index (χ4v) is 10.5. The van der Waals surface area contributed by atoms with Gasteiger partial charge in [0.15, 0.2) is 17.2 Å². The van der Waals surface area contributed by atoms with Crippen LogP contribution < -0.4 is 30.9 Å². The Balaban J connectivity index is 0.00000171. The number of nitrogens with zero attached hydrogens (tertiary/aromatic N) is 8. The molecule has 5 amide bonds. The molecule has 1 atom stereocenters. The summed E-state index contributed by atoms with van der Waals surface area (Å²) >= 11 is 6.55. The van der Waals surface area contributed by atoms with E-state index in [9.17, 15) is 19.2 Å². The van der Waals surface area contributed by atoms with E-state index >= 15 is 8.78 Å². The number of hydrogen-bond donors (Lipinski definition) is 3. The predicted octanol–water partition coefficient (Wildman–Crippen LogP) is 6.07. The van der Waals surface area contributed by atoms with Crippen LogP contribution in [0.25, 0.3) is 5.65 Å². The van der Waals surface area contributed by atoms with Crippen LogP contribution >= 0.6 is 11.6 Å².